The summed E-state index contributed by atoms with van der Waals surface area (Å²) in [7, 11) is 1.55. The Hall–Kier alpha value is -3.56. The molecule has 10 nitrogen and oxygen atoms in total. The van der Waals surface area contributed by atoms with Crippen molar-refractivity contribution in [2.24, 2.45) is 22.4 Å². The molecule has 0 amide bonds. The molecule has 0 fully saturated rings. The third-order valence-corrected chi connectivity index (χ3v) is 4.46. The predicted octanol–water partition coefficient (Wildman–Crippen LogP) is 2.94. The van der Waals surface area contributed by atoms with Gasteiger partial charge in [-0.05, 0) is 55.8 Å². The molecule has 0 spiro atoms. The van der Waals surface area contributed by atoms with Gasteiger partial charge < -0.3 is 9.57 Å². The van der Waals surface area contributed by atoms with Crippen LogP contribution in [0, 0.1) is 6.92 Å². The molecule has 0 saturated carbocycles. The van der Waals surface area contributed by atoms with Crippen LogP contribution in [0.25, 0.3) is 5.69 Å². The number of rotatable bonds is 9. The molecule has 166 valence electrons. The van der Waals surface area contributed by atoms with Gasteiger partial charge in [-0.2, -0.15) is 14.5 Å². The van der Waals surface area contributed by atoms with Crippen LogP contribution in [0.1, 0.15) is 45.2 Å². The van der Waals surface area contributed by atoms with Crippen LogP contribution in [0.3, 0.4) is 0 Å². The fourth-order valence-electron chi connectivity index (χ4n) is 2.44. The van der Waals surface area contributed by atoms with E-state index in [1.54, 1.807) is 27.0 Å². The van der Waals surface area contributed by atoms with Crippen molar-refractivity contribution in [3.05, 3.63) is 52.0 Å². The Morgan fingerprint density at radius 3 is 2.61 bits per heavy atom. The van der Waals surface area contributed by atoms with Crippen molar-refractivity contribution >= 4 is 17.3 Å². The first-order chi connectivity index (χ1) is 14.9. The molecule has 0 N–H and O–H groups in total. The Morgan fingerprint density at radius 2 is 1.97 bits per heavy atom. The maximum absolute atomic E-state index is 12.3. The molecule has 1 aromatic carbocycles. The van der Waals surface area contributed by atoms with E-state index in [9.17, 15) is 4.79 Å². The highest BCUT2D eigenvalue weighted by atomic mass is 16.6. The van der Waals surface area contributed by atoms with Crippen LogP contribution in [0.5, 0.6) is 0 Å². The Kier molecular flexibility index (Phi) is 8.86. The normalized spacial score (nSPS) is 13.2. The van der Waals surface area contributed by atoms with Crippen molar-refractivity contribution in [1.82, 2.24) is 19.8 Å². The number of benzene rings is 1. The first-order valence-corrected chi connectivity index (χ1v) is 9.98. The largest absolute Gasteiger partial charge is 0.475 e. The van der Waals surface area contributed by atoms with Gasteiger partial charge in [0.05, 0.1) is 17.1 Å². The highest BCUT2D eigenvalue weighted by Crippen LogP contribution is 2.18. The van der Waals surface area contributed by atoms with Crippen molar-refractivity contribution in [3.8, 4) is 5.69 Å². The number of allylic oxidation sites excluding steroid dienone is 1. The van der Waals surface area contributed by atoms with E-state index in [0.29, 0.717) is 36.0 Å². The molecule has 31 heavy (non-hydrogen) atoms. The molecular weight excluding hydrogens is 398 g/mol. The van der Waals surface area contributed by atoms with Gasteiger partial charge in [-0.15, -0.1) is 5.10 Å². The van der Waals surface area contributed by atoms with E-state index in [1.165, 1.54) is 9.36 Å². The highest BCUT2D eigenvalue weighted by Gasteiger charge is 2.14. The topological polar surface area (TPSA) is 108 Å². The van der Waals surface area contributed by atoms with E-state index in [0.717, 1.165) is 11.1 Å². The molecule has 2 aromatic rings. The number of nitrogens with zero attached hydrogens (tertiary/aromatic N) is 7. The molecule has 0 unspecified atom stereocenters. The number of tetrazole rings is 1. The van der Waals surface area contributed by atoms with Gasteiger partial charge >= 0.3 is 5.69 Å². The third kappa shape index (κ3) is 6.46. The van der Waals surface area contributed by atoms with E-state index in [-0.39, 0.29) is 12.3 Å². The molecule has 0 aliphatic carbocycles. The zero-order valence-electron chi connectivity index (χ0n) is 18.9. The van der Waals surface area contributed by atoms with Gasteiger partial charge in [0, 0.05) is 19.0 Å². The van der Waals surface area contributed by atoms with E-state index in [1.807, 2.05) is 45.1 Å². The third-order valence-electron chi connectivity index (χ3n) is 4.46. The molecule has 0 radical (unpaired) electrons. The van der Waals surface area contributed by atoms with Gasteiger partial charge in [0.1, 0.15) is 13.2 Å². The van der Waals surface area contributed by atoms with Gasteiger partial charge in [0.25, 0.3) is 0 Å². The van der Waals surface area contributed by atoms with Gasteiger partial charge in [-0.25, -0.2) is 4.79 Å². The smallest absolute Gasteiger partial charge is 0.368 e. The second-order valence-corrected chi connectivity index (χ2v) is 6.73. The highest BCUT2D eigenvalue weighted by molar-refractivity contribution is 6.40. The Bertz CT molecular complexity index is 1060. The fraction of sp³-hybridized carbons (Fsp3) is 0.429. The van der Waals surface area contributed by atoms with Crippen LogP contribution in [0.15, 0.2) is 50.5 Å². The standard InChI is InChI=1S/C21H29N7O3/c1-7-9-13-31-24-17(5)16(4)22-23-20(8-2)30-14-18-15(3)11-10-12-19(18)28-21(29)27(6)25-26-28/h7,9-12H,8,13-14H2,1-6H3. The lowest BCUT2D eigenvalue weighted by Gasteiger charge is -2.13. The first kappa shape index (κ1) is 23.7. The van der Waals surface area contributed by atoms with E-state index in [2.05, 4.69) is 25.8 Å². The molecule has 0 atom stereocenters. The molecule has 1 aromatic heterocycles. The van der Waals surface area contributed by atoms with E-state index < -0.39 is 0 Å². The van der Waals surface area contributed by atoms with Gasteiger partial charge in [0.2, 0.25) is 5.90 Å². The summed E-state index contributed by atoms with van der Waals surface area (Å²) in [4.78, 5) is 17.4. The van der Waals surface area contributed by atoms with E-state index in [4.69, 9.17) is 9.57 Å². The Labute approximate surface area is 181 Å². The molecule has 0 aliphatic rings. The monoisotopic (exact) mass is 427 g/mol. The molecule has 0 saturated heterocycles. The van der Waals surface area contributed by atoms with Crippen molar-refractivity contribution in [3.63, 3.8) is 0 Å². The average molecular weight is 428 g/mol. The molecule has 0 aliphatic heterocycles. The van der Waals surface area contributed by atoms with Crippen molar-refractivity contribution in [1.29, 1.82) is 0 Å². The minimum atomic E-state index is -0.331. The van der Waals surface area contributed by atoms with Crippen LogP contribution in [-0.4, -0.2) is 43.7 Å². The molecule has 2 rings (SSSR count). The summed E-state index contributed by atoms with van der Waals surface area (Å²) < 4.78 is 8.33. The lowest BCUT2D eigenvalue weighted by molar-refractivity contribution is 0.175. The van der Waals surface area contributed by atoms with Gasteiger partial charge in [-0.1, -0.05) is 30.3 Å². The predicted molar refractivity (Wildman–Crippen MR) is 121 cm³/mol. The van der Waals surface area contributed by atoms with Crippen LogP contribution in [0.4, 0.5) is 0 Å². The van der Waals surface area contributed by atoms with Crippen molar-refractivity contribution in [2.75, 3.05) is 6.61 Å². The first-order valence-electron chi connectivity index (χ1n) is 9.98. The second-order valence-electron chi connectivity index (χ2n) is 6.73. The van der Waals surface area contributed by atoms with E-state index >= 15 is 0 Å². The summed E-state index contributed by atoms with van der Waals surface area (Å²) in [6, 6.07) is 5.61. The summed E-state index contributed by atoms with van der Waals surface area (Å²) in [6.45, 7) is 10.0. The maximum Gasteiger partial charge on any atom is 0.368 e. The number of ether oxygens (including phenoxy) is 1. The lowest BCUT2D eigenvalue weighted by Crippen LogP contribution is -2.23. The summed E-state index contributed by atoms with van der Waals surface area (Å²) >= 11 is 0. The van der Waals surface area contributed by atoms with Crippen LogP contribution in [0.2, 0.25) is 0 Å². The number of oxime groups is 1. The summed E-state index contributed by atoms with van der Waals surface area (Å²) in [6.07, 6.45) is 4.30. The summed E-state index contributed by atoms with van der Waals surface area (Å²) in [5.74, 6) is 0.461. The zero-order valence-corrected chi connectivity index (χ0v) is 18.9. The van der Waals surface area contributed by atoms with Gasteiger partial charge in [-0.3, -0.25) is 0 Å². The number of hydrogen-bond acceptors (Lipinski definition) is 8. The quantitative estimate of drug-likeness (QED) is 0.201. The lowest BCUT2D eigenvalue weighted by atomic mass is 10.1. The molecule has 10 heteroatoms. The fourth-order valence-corrected chi connectivity index (χ4v) is 2.44. The van der Waals surface area contributed by atoms with Crippen LogP contribution >= 0.6 is 0 Å². The van der Waals surface area contributed by atoms with Crippen molar-refractivity contribution < 1.29 is 9.57 Å². The zero-order chi connectivity index (χ0) is 22.8. The molecule has 1 heterocycles. The van der Waals surface area contributed by atoms with Crippen LogP contribution in [-0.2, 0) is 23.2 Å². The number of aryl methyl sites for hydroxylation is 2. The Morgan fingerprint density at radius 1 is 1.19 bits per heavy atom. The molecular formula is C21H29N7O3. The summed E-state index contributed by atoms with van der Waals surface area (Å²) in [5, 5.41) is 20.1. The van der Waals surface area contributed by atoms with Crippen LogP contribution < -0.4 is 5.69 Å². The maximum atomic E-state index is 12.3. The minimum Gasteiger partial charge on any atom is -0.475 e. The number of hydrogen-bond donors (Lipinski definition) is 0. The van der Waals surface area contributed by atoms with Gasteiger partial charge in [0.15, 0.2) is 0 Å². The minimum absolute atomic E-state index is 0.214. The average Bonchev–Trinajstić information content (AvgIpc) is 3.09. The van der Waals surface area contributed by atoms with Crippen molar-refractivity contribution in [2.45, 2.75) is 47.6 Å². The summed E-state index contributed by atoms with van der Waals surface area (Å²) in [5.41, 5.74) is 3.33. The molecule has 0 bridgehead atoms. The number of aromatic nitrogens is 4. The Balaban J connectivity index is 2.17. The second kappa shape index (κ2) is 11.6. The SMILES string of the molecule is CC=CCON=C(C)C(C)=NN=C(CC)OCc1c(C)cccc1-n1nnn(C)c1=O.